The summed E-state index contributed by atoms with van der Waals surface area (Å²) in [5.41, 5.74) is 0.920. The molecule has 0 bridgehead atoms. The molecule has 23 heavy (non-hydrogen) atoms. The van der Waals surface area contributed by atoms with Crippen molar-refractivity contribution in [2.45, 2.75) is 0 Å². The molecule has 0 saturated carbocycles. The van der Waals surface area contributed by atoms with Crippen LogP contribution in [0.5, 0.6) is 5.75 Å². The van der Waals surface area contributed by atoms with E-state index < -0.39 is 4.92 Å². The quantitative estimate of drug-likeness (QED) is 0.482. The number of nitrogens with zero attached hydrogens (tertiary/aromatic N) is 1. The van der Waals surface area contributed by atoms with Gasteiger partial charge in [0, 0.05) is 30.5 Å². The van der Waals surface area contributed by atoms with Gasteiger partial charge < -0.3 is 14.8 Å². The maximum Gasteiger partial charge on any atom is 0.269 e. The number of rotatable bonds is 7. The van der Waals surface area contributed by atoms with Crippen molar-refractivity contribution in [2.24, 2.45) is 0 Å². The van der Waals surface area contributed by atoms with E-state index in [-0.39, 0.29) is 11.6 Å². The van der Waals surface area contributed by atoms with Crippen LogP contribution < -0.4 is 10.1 Å². The number of carbonyl (C=O) groups excluding carboxylic acids is 1. The maximum atomic E-state index is 12.1. The predicted molar refractivity (Wildman–Crippen MR) is 84.9 cm³/mol. The number of ether oxygens (including phenoxy) is 2. The topological polar surface area (TPSA) is 90.7 Å². The van der Waals surface area contributed by atoms with Crippen molar-refractivity contribution in [3.8, 4) is 5.75 Å². The molecule has 0 fully saturated rings. The Morgan fingerprint density at radius 3 is 2.30 bits per heavy atom. The van der Waals surface area contributed by atoms with Gasteiger partial charge in [0.05, 0.1) is 11.5 Å². The molecule has 0 atom stereocenters. The molecule has 7 heteroatoms. The van der Waals surface area contributed by atoms with Crippen molar-refractivity contribution in [3.63, 3.8) is 0 Å². The minimum Gasteiger partial charge on any atom is -0.491 e. The SMILES string of the molecule is COCCOc1ccc(C(=O)Nc2ccc([N+](=O)[O-])cc2)cc1. The first kappa shape index (κ1) is 16.4. The first-order chi connectivity index (χ1) is 11.1. The van der Waals surface area contributed by atoms with Crippen LogP contribution in [0.15, 0.2) is 48.5 Å². The molecule has 0 unspecified atom stereocenters. The van der Waals surface area contributed by atoms with E-state index in [1.54, 1.807) is 31.4 Å². The molecule has 2 rings (SSSR count). The fourth-order valence-electron chi connectivity index (χ4n) is 1.82. The second kappa shape index (κ2) is 7.90. The zero-order chi connectivity index (χ0) is 16.7. The van der Waals surface area contributed by atoms with Gasteiger partial charge in [-0.2, -0.15) is 0 Å². The van der Waals surface area contributed by atoms with E-state index in [0.29, 0.717) is 30.2 Å². The largest absolute Gasteiger partial charge is 0.491 e. The molecule has 0 aliphatic carbocycles. The summed E-state index contributed by atoms with van der Waals surface area (Å²) in [6.07, 6.45) is 0. The van der Waals surface area contributed by atoms with Gasteiger partial charge in [-0.15, -0.1) is 0 Å². The Morgan fingerprint density at radius 2 is 1.74 bits per heavy atom. The number of nitrogens with one attached hydrogen (secondary N) is 1. The summed E-state index contributed by atoms with van der Waals surface area (Å²) in [5.74, 6) is 0.344. The molecule has 2 aromatic carbocycles. The second-order valence-corrected chi connectivity index (χ2v) is 4.62. The lowest BCUT2D eigenvalue weighted by molar-refractivity contribution is -0.384. The number of nitro groups is 1. The third-order valence-corrected chi connectivity index (χ3v) is 3.01. The van der Waals surface area contributed by atoms with Crippen molar-refractivity contribution in [2.75, 3.05) is 25.6 Å². The molecule has 1 amide bonds. The summed E-state index contributed by atoms with van der Waals surface area (Å²) in [6.45, 7) is 0.924. The summed E-state index contributed by atoms with van der Waals surface area (Å²) >= 11 is 0. The molecule has 0 aromatic heterocycles. The highest BCUT2D eigenvalue weighted by molar-refractivity contribution is 6.04. The smallest absolute Gasteiger partial charge is 0.269 e. The third kappa shape index (κ3) is 4.79. The highest BCUT2D eigenvalue weighted by Crippen LogP contribution is 2.17. The normalized spacial score (nSPS) is 10.1. The Labute approximate surface area is 133 Å². The van der Waals surface area contributed by atoms with Crippen LogP contribution in [0.3, 0.4) is 0 Å². The Hall–Kier alpha value is -2.93. The third-order valence-electron chi connectivity index (χ3n) is 3.01. The van der Waals surface area contributed by atoms with Gasteiger partial charge in [0.1, 0.15) is 12.4 Å². The van der Waals surface area contributed by atoms with E-state index in [2.05, 4.69) is 5.32 Å². The fraction of sp³-hybridized carbons (Fsp3) is 0.188. The molecule has 0 radical (unpaired) electrons. The van der Waals surface area contributed by atoms with E-state index in [9.17, 15) is 14.9 Å². The van der Waals surface area contributed by atoms with Crippen molar-refractivity contribution in [1.29, 1.82) is 0 Å². The Kier molecular flexibility index (Phi) is 5.65. The minimum absolute atomic E-state index is 0.0273. The van der Waals surface area contributed by atoms with Crippen LogP contribution in [-0.2, 0) is 4.74 Å². The number of amides is 1. The van der Waals surface area contributed by atoms with E-state index in [1.807, 2.05) is 0 Å². The molecule has 2 aromatic rings. The minimum atomic E-state index is -0.492. The second-order valence-electron chi connectivity index (χ2n) is 4.62. The Bertz CT molecular complexity index is 668. The molecule has 120 valence electrons. The lowest BCUT2D eigenvalue weighted by Crippen LogP contribution is -2.12. The van der Waals surface area contributed by atoms with Gasteiger partial charge in [-0.25, -0.2) is 0 Å². The van der Waals surface area contributed by atoms with Crippen LogP contribution in [0.25, 0.3) is 0 Å². The van der Waals surface area contributed by atoms with Gasteiger partial charge in [0.2, 0.25) is 0 Å². The van der Waals surface area contributed by atoms with Gasteiger partial charge in [-0.05, 0) is 36.4 Å². The summed E-state index contributed by atoms with van der Waals surface area (Å²) in [7, 11) is 1.59. The van der Waals surface area contributed by atoms with Crippen molar-refractivity contribution >= 4 is 17.3 Å². The van der Waals surface area contributed by atoms with Gasteiger partial charge in [-0.3, -0.25) is 14.9 Å². The molecular formula is C16H16N2O5. The fourth-order valence-corrected chi connectivity index (χ4v) is 1.82. The summed E-state index contributed by atoms with van der Waals surface area (Å²) in [4.78, 5) is 22.2. The van der Waals surface area contributed by atoms with E-state index >= 15 is 0 Å². The number of hydrogen-bond acceptors (Lipinski definition) is 5. The average Bonchev–Trinajstić information content (AvgIpc) is 2.56. The molecule has 1 N–H and O–H groups in total. The number of carbonyl (C=O) groups is 1. The zero-order valence-electron chi connectivity index (χ0n) is 12.5. The van der Waals surface area contributed by atoms with Crippen LogP contribution >= 0.6 is 0 Å². The number of hydrogen-bond donors (Lipinski definition) is 1. The Morgan fingerprint density at radius 1 is 1.09 bits per heavy atom. The first-order valence-corrected chi connectivity index (χ1v) is 6.88. The molecule has 0 aliphatic rings. The lowest BCUT2D eigenvalue weighted by atomic mass is 10.2. The monoisotopic (exact) mass is 316 g/mol. The molecule has 0 heterocycles. The number of methoxy groups -OCH3 is 1. The van der Waals surface area contributed by atoms with Gasteiger partial charge in [0.15, 0.2) is 0 Å². The van der Waals surface area contributed by atoms with Gasteiger partial charge in [0.25, 0.3) is 11.6 Å². The highest BCUT2D eigenvalue weighted by atomic mass is 16.6. The average molecular weight is 316 g/mol. The maximum absolute atomic E-state index is 12.1. The lowest BCUT2D eigenvalue weighted by Gasteiger charge is -2.07. The number of nitro benzene ring substituents is 1. The Balaban J connectivity index is 1.96. The van der Waals surface area contributed by atoms with Gasteiger partial charge in [-0.1, -0.05) is 0 Å². The highest BCUT2D eigenvalue weighted by Gasteiger charge is 2.08. The number of benzene rings is 2. The van der Waals surface area contributed by atoms with Crippen LogP contribution in [0.1, 0.15) is 10.4 Å². The van der Waals surface area contributed by atoms with Gasteiger partial charge >= 0.3 is 0 Å². The summed E-state index contributed by atoms with van der Waals surface area (Å²) in [6, 6.07) is 12.3. The zero-order valence-corrected chi connectivity index (χ0v) is 12.5. The van der Waals surface area contributed by atoms with Crippen LogP contribution in [-0.4, -0.2) is 31.2 Å². The molecule has 0 aliphatic heterocycles. The van der Waals surface area contributed by atoms with Crippen LogP contribution in [0.2, 0.25) is 0 Å². The van der Waals surface area contributed by atoms with E-state index in [4.69, 9.17) is 9.47 Å². The van der Waals surface area contributed by atoms with Crippen molar-refractivity contribution in [1.82, 2.24) is 0 Å². The molecule has 7 nitrogen and oxygen atoms in total. The van der Waals surface area contributed by atoms with E-state index in [1.165, 1.54) is 24.3 Å². The standard InChI is InChI=1S/C16H16N2O5/c1-22-10-11-23-15-8-2-12(3-9-15)16(19)17-13-4-6-14(7-5-13)18(20)21/h2-9H,10-11H2,1H3,(H,17,19). The van der Waals surface area contributed by atoms with Crippen molar-refractivity contribution < 1.29 is 19.2 Å². The molecule has 0 saturated heterocycles. The summed E-state index contributed by atoms with van der Waals surface area (Å²) in [5, 5.41) is 13.3. The first-order valence-electron chi connectivity index (χ1n) is 6.88. The van der Waals surface area contributed by atoms with E-state index in [0.717, 1.165) is 0 Å². The van der Waals surface area contributed by atoms with Crippen molar-refractivity contribution in [3.05, 3.63) is 64.2 Å². The predicted octanol–water partition coefficient (Wildman–Crippen LogP) is 2.87. The number of non-ortho nitro benzene ring substituents is 1. The number of anilines is 1. The summed E-state index contributed by atoms with van der Waals surface area (Å²) < 4.78 is 10.3. The molecule has 0 spiro atoms. The van der Waals surface area contributed by atoms with Crippen LogP contribution in [0, 0.1) is 10.1 Å². The molecular weight excluding hydrogens is 300 g/mol. The van der Waals surface area contributed by atoms with Crippen LogP contribution in [0.4, 0.5) is 11.4 Å².